The molecule has 0 saturated carbocycles. The predicted octanol–water partition coefficient (Wildman–Crippen LogP) is 2.71. The number of nitrogens with two attached hydrogens (primary N) is 1. The predicted molar refractivity (Wildman–Crippen MR) is 71.4 cm³/mol. The molecule has 1 unspecified atom stereocenters. The van der Waals surface area contributed by atoms with Crippen LogP contribution in [0.15, 0.2) is 29.2 Å². The second-order valence-corrected chi connectivity index (χ2v) is 5.57. The van der Waals surface area contributed by atoms with Crippen molar-refractivity contribution < 1.29 is 9.53 Å². The lowest BCUT2D eigenvalue weighted by Crippen LogP contribution is -2.46. The monoisotopic (exact) mass is 273 g/mol. The number of halogens is 1. The van der Waals surface area contributed by atoms with Crippen LogP contribution in [0, 0.1) is 0 Å². The van der Waals surface area contributed by atoms with Crippen LogP contribution in [0.5, 0.6) is 0 Å². The number of hydrogen-bond donors (Lipinski definition) is 1. The van der Waals surface area contributed by atoms with E-state index in [-0.39, 0.29) is 5.97 Å². The Balaban J connectivity index is 2.42. The molecule has 2 N–H and O–H groups in total. The van der Waals surface area contributed by atoms with E-state index in [1.165, 1.54) is 7.11 Å². The molecule has 94 valence electrons. The number of carbonyl (C=O) groups excluding carboxylic acids is 1. The summed E-state index contributed by atoms with van der Waals surface area (Å²) in [6.45, 7) is 1.68. The van der Waals surface area contributed by atoms with Gasteiger partial charge in [0.05, 0.1) is 7.11 Å². The fraction of sp³-hybridized carbons (Fsp3) is 0.417. The molecule has 0 radical (unpaired) electrons. The van der Waals surface area contributed by atoms with Crippen molar-refractivity contribution in [3.63, 3.8) is 0 Å². The summed E-state index contributed by atoms with van der Waals surface area (Å²) in [5.74, 6) is 0.373. The third-order valence-electron chi connectivity index (χ3n) is 2.36. The van der Waals surface area contributed by atoms with Gasteiger partial charge < -0.3 is 10.5 Å². The topological polar surface area (TPSA) is 52.3 Å². The minimum Gasteiger partial charge on any atom is -0.468 e. The van der Waals surface area contributed by atoms with Gasteiger partial charge in [-0.3, -0.25) is 4.79 Å². The molecule has 0 amide bonds. The smallest absolute Gasteiger partial charge is 0.325 e. The first-order valence-corrected chi connectivity index (χ1v) is 6.58. The Morgan fingerprint density at radius 3 is 2.59 bits per heavy atom. The van der Waals surface area contributed by atoms with Gasteiger partial charge in [0.2, 0.25) is 0 Å². The van der Waals surface area contributed by atoms with E-state index < -0.39 is 5.54 Å². The van der Waals surface area contributed by atoms with E-state index in [9.17, 15) is 4.79 Å². The van der Waals surface area contributed by atoms with Crippen LogP contribution in [0.25, 0.3) is 0 Å². The SMILES string of the molecule is COC(=O)C(C)(N)CCSc1ccc(Cl)cc1. The fourth-order valence-corrected chi connectivity index (χ4v) is 2.46. The van der Waals surface area contributed by atoms with E-state index in [0.29, 0.717) is 11.4 Å². The summed E-state index contributed by atoms with van der Waals surface area (Å²) in [4.78, 5) is 12.5. The van der Waals surface area contributed by atoms with Crippen LogP contribution < -0.4 is 5.73 Å². The van der Waals surface area contributed by atoms with Gasteiger partial charge in [0.15, 0.2) is 0 Å². The van der Waals surface area contributed by atoms with Crippen LogP contribution in [-0.2, 0) is 9.53 Å². The van der Waals surface area contributed by atoms with Gasteiger partial charge in [0.25, 0.3) is 0 Å². The Labute approximate surface area is 111 Å². The van der Waals surface area contributed by atoms with Gasteiger partial charge >= 0.3 is 5.97 Å². The first-order chi connectivity index (χ1) is 7.95. The van der Waals surface area contributed by atoms with Crippen molar-refractivity contribution >= 4 is 29.3 Å². The number of esters is 1. The molecule has 0 bridgehead atoms. The van der Waals surface area contributed by atoms with Gasteiger partial charge in [-0.2, -0.15) is 0 Å². The minimum atomic E-state index is -0.922. The van der Waals surface area contributed by atoms with Crippen molar-refractivity contribution in [2.75, 3.05) is 12.9 Å². The number of carbonyl (C=O) groups is 1. The molecule has 0 aliphatic carbocycles. The van der Waals surface area contributed by atoms with Gasteiger partial charge in [-0.05, 0) is 37.6 Å². The van der Waals surface area contributed by atoms with Gasteiger partial charge in [0, 0.05) is 15.7 Å². The Morgan fingerprint density at radius 1 is 1.47 bits per heavy atom. The first kappa shape index (κ1) is 14.4. The summed E-state index contributed by atoms with van der Waals surface area (Å²) >= 11 is 7.43. The zero-order valence-electron chi connectivity index (χ0n) is 9.90. The lowest BCUT2D eigenvalue weighted by atomic mass is 10.0. The maximum absolute atomic E-state index is 11.3. The van der Waals surface area contributed by atoms with Crippen LogP contribution in [0.1, 0.15) is 13.3 Å². The van der Waals surface area contributed by atoms with E-state index in [1.807, 2.05) is 24.3 Å². The van der Waals surface area contributed by atoms with Crippen LogP contribution in [0.3, 0.4) is 0 Å². The molecule has 0 aromatic heterocycles. The zero-order chi connectivity index (χ0) is 12.9. The van der Waals surface area contributed by atoms with E-state index >= 15 is 0 Å². The number of benzene rings is 1. The summed E-state index contributed by atoms with van der Waals surface area (Å²) < 4.78 is 4.64. The number of thioether (sulfide) groups is 1. The molecular formula is C12H16ClNO2S. The van der Waals surface area contributed by atoms with Crippen LogP contribution in [0.4, 0.5) is 0 Å². The van der Waals surface area contributed by atoms with Crippen LogP contribution >= 0.6 is 23.4 Å². The number of ether oxygens (including phenoxy) is 1. The molecule has 0 heterocycles. The summed E-state index contributed by atoms with van der Waals surface area (Å²) in [5, 5.41) is 0.715. The van der Waals surface area contributed by atoms with Crippen LogP contribution in [-0.4, -0.2) is 24.4 Å². The van der Waals surface area contributed by atoms with E-state index in [1.54, 1.807) is 18.7 Å². The normalized spacial score (nSPS) is 14.1. The summed E-state index contributed by atoms with van der Waals surface area (Å²) in [6, 6.07) is 7.57. The molecule has 5 heteroatoms. The van der Waals surface area contributed by atoms with Gasteiger partial charge in [-0.25, -0.2) is 0 Å². The van der Waals surface area contributed by atoms with Gasteiger partial charge in [-0.1, -0.05) is 11.6 Å². The van der Waals surface area contributed by atoms with Gasteiger partial charge in [-0.15, -0.1) is 11.8 Å². The zero-order valence-corrected chi connectivity index (χ0v) is 11.5. The third kappa shape index (κ3) is 4.58. The van der Waals surface area contributed by atoms with Crippen molar-refractivity contribution in [2.24, 2.45) is 5.73 Å². The molecule has 0 fully saturated rings. The van der Waals surface area contributed by atoms with Crippen LogP contribution in [0.2, 0.25) is 5.02 Å². The second-order valence-electron chi connectivity index (χ2n) is 3.96. The summed E-state index contributed by atoms with van der Waals surface area (Å²) in [7, 11) is 1.35. The largest absolute Gasteiger partial charge is 0.468 e. The minimum absolute atomic E-state index is 0.380. The standard InChI is InChI=1S/C12H16ClNO2S/c1-12(14,11(15)16-2)7-8-17-10-5-3-9(13)4-6-10/h3-6H,7-8,14H2,1-2H3. The first-order valence-electron chi connectivity index (χ1n) is 5.21. The molecule has 1 aromatic rings. The highest BCUT2D eigenvalue weighted by Crippen LogP contribution is 2.23. The van der Waals surface area contributed by atoms with E-state index in [2.05, 4.69) is 4.74 Å². The molecule has 3 nitrogen and oxygen atoms in total. The van der Waals surface area contributed by atoms with Crippen molar-refractivity contribution in [2.45, 2.75) is 23.8 Å². The highest BCUT2D eigenvalue weighted by atomic mass is 35.5. The molecule has 0 spiro atoms. The average molecular weight is 274 g/mol. The summed E-state index contributed by atoms with van der Waals surface area (Å²) in [6.07, 6.45) is 0.562. The molecular weight excluding hydrogens is 258 g/mol. The molecule has 0 aliphatic heterocycles. The quantitative estimate of drug-likeness (QED) is 0.662. The van der Waals surface area contributed by atoms with Crippen molar-refractivity contribution in [1.29, 1.82) is 0 Å². The number of rotatable bonds is 5. The van der Waals surface area contributed by atoms with Crippen molar-refractivity contribution in [1.82, 2.24) is 0 Å². The molecule has 1 aromatic carbocycles. The van der Waals surface area contributed by atoms with Crippen molar-refractivity contribution in [3.8, 4) is 0 Å². The highest BCUT2D eigenvalue weighted by molar-refractivity contribution is 7.99. The molecule has 0 aliphatic rings. The van der Waals surface area contributed by atoms with E-state index in [0.717, 1.165) is 10.6 Å². The molecule has 1 rings (SSSR count). The third-order valence-corrected chi connectivity index (χ3v) is 3.62. The highest BCUT2D eigenvalue weighted by Gasteiger charge is 2.28. The maximum Gasteiger partial charge on any atom is 0.325 e. The molecule has 0 saturated heterocycles. The molecule has 17 heavy (non-hydrogen) atoms. The lowest BCUT2D eigenvalue weighted by Gasteiger charge is -2.20. The number of hydrogen-bond acceptors (Lipinski definition) is 4. The Morgan fingerprint density at radius 2 is 2.06 bits per heavy atom. The lowest BCUT2D eigenvalue weighted by molar-refractivity contribution is -0.146. The fourth-order valence-electron chi connectivity index (χ4n) is 1.25. The summed E-state index contributed by atoms with van der Waals surface area (Å²) in [5.41, 5.74) is 4.93. The van der Waals surface area contributed by atoms with Crippen molar-refractivity contribution in [3.05, 3.63) is 29.3 Å². The Hall–Kier alpha value is -0.710. The second kappa shape index (κ2) is 6.28. The molecule has 1 atom stereocenters. The maximum atomic E-state index is 11.3. The van der Waals surface area contributed by atoms with Gasteiger partial charge in [0.1, 0.15) is 5.54 Å². The Bertz CT molecular complexity index is 379. The Kier molecular flexibility index (Phi) is 5.31. The van der Waals surface area contributed by atoms with E-state index in [4.69, 9.17) is 17.3 Å². The number of methoxy groups -OCH3 is 1. The average Bonchev–Trinajstić information content (AvgIpc) is 2.30.